The van der Waals surface area contributed by atoms with E-state index < -0.39 is 12.6 Å². The molecule has 1 saturated heterocycles. The number of aliphatic carboxylic acids is 1. The first-order valence-electron chi connectivity index (χ1n) is 10.9. The number of aryl methyl sites for hydroxylation is 1. The third kappa shape index (κ3) is 6.43. The van der Waals surface area contributed by atoms with Gasteiger partial charge in [-0.15, -0.1) is 0 Å². The van der Waals surface area contributed by atoms with Crippen molar-refractivity contribution in [2.75, 3.05) is 46.5 Å². The second-order valence-electron chi connectivity index (χ2n) is 8.62. The number of carbonyl (C=O) groups is 3. The van der Waals surface area contributed by atoms with Crippen molar-refractivity contribution in [3.63, 3.8) is 0 Å². The maximum atomic E-state index is 12.7. The maximum Gasteiger partial charge on any atom is 0.329 e. The van der Waals surface area contributed by atoms with E-state index in [9.17, 15) is 14.4 Å². The average Bonchev–Trinajstić information content (AvgIpc) is 2.75. The number of hydrogen-bond acceptors (Lipinski definition) is 5. The molecule has 0 unspecified atom stereocenters. The van der Waals surface area contributed by atoms with E-state index in [0.29, 0.717) is 19.6 Å². The van der Waals surface area contributed by atoms with Crippen LogP contribution in [0.2, 0.25) is 0 Å². The summed E-state index contributed by atoms with van der Waals surface area (Å²) in [5.74, 6) is -0.525. The maximum absolute atomic E-state index is 12.7. The van der Waals surface area contributed by atoms with Gasteiger partial charge in [0.15, 0.2) is 6.61 Å². The molecule has 2 aliphatic rings. The number of likely N-dealkylation sites (tertiary alicyclic amines) is 1. The molecule has 1 N–H and O–H groups in total. The van der Waals surface area contributed by atoms with Crippen LogP contribution in [0, 0.1) is 5.41 Å². The summed E-state index contributed by atoms with van der Waals surface area (Å²) < 4.78 is 10.8. The van der Waals surface area contributed by atoms with Crippen LogP contribution in [0.5, 0.6) is 5.75 Å². The van der Waals surface area contributed by atoms with Crippen molar-refractivity contribution in [3.05, 3.63) is 29.8 Å². The SMILES string of the molecule is CN1CC2(CCCCc3ccccc3OCC1=O)CCN(C(=O)COCC(=O)O)CC2. The second-order valence-corrected chi connectivity index (χ2v) is 8.62. The minimum absolute atomic E-state index is 0.0229. The van der Waals surface area contributed by atoms with Crippen molar-refractivity contribution in [1.29, 1.82) is 0 Å². The Morgan fingerprint density at radius 2 is 1.87 bits per heavy atom. The Morgan fingerprint density at radius 1 is 1.13 bits per heavy atom. The summed E-state index contributed by atoms with van der Waals surface area (Å²) in [4.78, 5) is 39.1. The lowest BCUT2D eigenvalue weighted by Crippen LogP contribution is -2.49. The van der Waals surface area contributed by atoms with Crippen molar-refractivity contribution in [2.45, 2.75) is 38.5 Å². The van der Waals surface area contributed by atoms with E-state index in [4.69, 9.17) is 14.6 Å². The Balaban J connectivity index is 1.61. The number of carbonyl (C=O) groups excluding carboxylic acids is 2. The number of likely N-dealkylation sites (N-methyl/N-ethyl adjacent to an activating group) is 1. The molecule has 0 bridgehead atoms. The normalized spacial score (nSPS) is 19.7. The van der Waals surface area contributed by atoms with Gasteiger partial charge in [-0.1, -0.05) is 24.6 Å². The minimum Gasteiger partial charge on any atom is -0.483 e. The van der Waals surface area contributed by atoms with Crippen LogP contribution in [0.3, 0.4) is 0 Å². The predicted octanol–water partition coefficient (Wildman–Crippen LogP) is 1.96. The molecule has 0 aromatic heterocycles. The number of fused-ring (bicyclic) bond motifs is 1. The summed E-state index contributed by atoms with van der Waals surface area (Å²) in [6.45, 7) is 1.17. The standard InChI is InChI=1S/C23H32N2O6/c1-24-17-23(10-12-25(13-11-23)21(27)14-30-16-22(28)29)9-5-4-7-18-6-2-3-8-19(18)31-15-20(24)26/h2-3,6,8H,4-5,7,9-17H2,1H3,(H,28,29). The highest BCUT2D eigenvalue weighted by Crippen LogP contribution is 2.38. The van der Waals surface area contributed by atoms with Crippen LogP contribution in [-0.2, 0) is 25.5 Å². The quantitative estimate of drug-likeness (QED) is 0.781. The number of amides is 2. The van der Waals surface area contributed by atoms with Gasteiger partial charge in [-0.05, 0) is 49.1 Å². The zero-order valence-electron chi connectivity index (χ0n) is 18.2. The molecule has 2 aliphatic heterocycles. The molecule has 8 heteroatoms. The highest BCUT2D eigenvalue weighted by atomic mass is 16.5. The number of rotatable bonds is 4. The molecule has 3 rings (SSSR count). The van der Waals surface area contributed by atoms with Crippen molar-refractivity contribution >= 4 is 17.8 Å². The van der Waals surface area contributed by atoms with E-state index in [-0.39, 0.29) is 30.4 Å². The van der Waals surface area contributed by atoms with E-state index >= 15 is 0 Å². The van der Waals surface area contributed by atoms with Gasteiger partial charge in [0.1, 0.15) is 19.0 Å². The Kier molecular flexibility index (Phi) is 7.90. The van der Waals surface area contributed by atoms with Crippen molar-refractivity contribution < 1.29 is 29.0 Å². The molecule has 1 aromatic carbocycles. The number of carboxylic acids is 1. The van der Waals surface area contributed by atoms with Gasteiger partial charge in [0.2, 0.25) is 5.91 Å². The fraction of sp³-hybridized carbons (Fsp3) is 0.609. The summed E-state index contributed by atoms with van der Waals surface area (Å²) in [5.41, 5.74) is 1.11. The van der Waals surface area contributed by atoms with Crippen LogP contribution in [-0.4, -0.2) is 79.2 Å². The predicted molar refractivity (Wildman–Crippen MR) is 114 cm³/mol. The van der Waals surface area contributed by atoms with Crippen molar-refractivity contribution in [1.82, 2.24) is 9.80 Å². The van der Waals surface area contributed by atoms with Crippen LogP contribution in [0.25, 0.3) is 0 Å². The molecule has 170 valence electrons. The van der Waals surface area contributed by atoms with Gasteiger partial charge >= 0.3 is 5.97 Å². The van der Waals surface area contributed by atoms with Gasteiger partial charge in [0.25, 0.3) is 5.91 Å². The fourth-order valence-corrected chi connectivity index (χ4v) is 4.54. The topological polar surface area (TPSA) is 96.4 Å². The van der Waals surface area contributed by atoms with E-state index in [1.807, 2.05) is 25.2 Å². The van der Waals surface area contributed by atoms with Gasteiger partial charge in [-0.2, -0.15) is 0 Å². The summed E-state index contributed by atoms with van der Waals surface area (Å²) in [5, 5.41) is 8.64. The summed E-state index contributed by atoms with van der Waals surface area (Å²) >= 11 is 0. The number of para-hydroxylation sites is 1. The van der Waals surface area contributed by atoms with Crippen LogP contribution < -0.4 is 4.74 Å². The Bertz CT molecular complexity index is 788. The largest absolute Gasteiger partial charge is 0.483 e. The number of benzene rings is 1. The highest BCUT2D eigenvalue weighted by molar-refractivity contribution is 5.78. The summed E-state index contributed by atoms with van der Waals surface area (Å²) in [7, 11) is 1.82. The Hall–Kier alpha value is -2.61. The molecule has 2 heterocycles. The fourth-order valence-electron chi connectivity index (χ4n) is 4.54. The lowest BCUT2D eigenvalue weighted by Gasteiger charge is -2.44. The minimum atomic E-state index is -1.09. The molecule has 0 aliphatic carbocycles. The van der Waals surface area contributed by atoms with E-state index in [1.165, 1.54) is 0 Å². The molecule has 1 aromatic rings. The lowest BCUT2D eigenvalue weighted by atomic mass is 9.73. The smallest absolute Gasteiger partial charge is 0.329 e. The van der Waals surface area contributed by atoms with E-state index in [2.05, 4.69) is 6.07 Å². The number of ether oxygens (including phenoxy) is 2. The van der Waals surface area contributed by atoms with Gasteiger partial charge in [-0.25, -0.2) is 4.79 Å². The summed E-state index contributed by atoms with van der Waals surface area (Å²) in [6, 6.07) is 7.90. The zero-order valence-corrected chi connectivity index (χ0v) is 18.2. The molecule has 1 fully saturated rings. The van der Waals surface area contributed by atoms with Crippen LogP contribution in [0.1, 0.15) is 37.7 Å². The Morgan fingerprint density at radius 3 is 2.61 bits per heavy atom. The molecular weight excluding hydrogens is 400 g/mol. The van der Waals surface area contributed by atoms with Crippen LogP contribution in [0.4, 0.5) is 0 Å². The van der Waals surface area contributed by atoms with Crippen molar-refractivity contribution in [3.8, 4) is 5.75 Å². The van der Waals surface area contributed by atoms with Gasteiger partial charge < -0.3 is 24.4 Å². The number of hydrogen-bond donors (Lipinski definition) is 1. The number of piperidine rings is 1. The van der Waals surface area contributed by atoms with Gasteiger partial charge in [-0.3, -0.25) is 9.59 Å². The number of nitrogens with zero attached hydrogens (tertiary/aromatic N) is 2. The average molecular weight is 433 g/mol. The third-order valence-corrected chi connectivity index (χ3v) is 6.35. The first kappa shape index (κ1) is 23.1. The van der Waals surface area contributed by atoms with E-state index in [1.54, 1.807) is 9.80 Å². The Labute approximate surface area is 183 Å². The third-order valence-electron chi connectivity index (χ3n) is 6.35. The van der Waals surface area contributed by atoms with Crippen LogP contribution >= 0.6 is 0 Å². The molecule has 2 amide bonds. The molecule has 0 atom stereocenters. The monoisotopic (exact) mass is 432 g/mol. The number of carboxylic acid groups (broad SMARTS) is 1. The first-order valence-corrected chi connectivity index (χ1v) is 10.9. The van der Waals surface area contributed by atoms with Gasteiger partial charge in [0, 0.05) is 26.7 Å². The highest BCUT2D eigenvalue weighted by Gasteiger charge is 2.37. The second kappa shape index (κ2) is 10.6. The molecule has 0 radical (unpaired) electrons. The van der Waals surface area contributed by atoms with Crippen LogP contribution in [0.15, 0.2) is 24.3 Å². The molecule has 1 spiro atoms. The lowest BCUT2D eigenvalue weighted by molar-refractivity contribution is -0.147. The van der Waals surface area contributed by atoms with Gasteiger partial charge in [0.05, 0.1) is 0 Å². The molecule has 8 nitrogen and oxygen atoms in total. The molecular formula is C23H32N2O6. The summed E-state index contributed by atoms with van der Waals surface area (Å²) in [6.07, 6.45) is 5.64. The zero-order chi connectivity index (χ0) is 22.3. The first-order chi connectivity index (χ1) is 14.9. The molecule has 0 saturated carbocycles. The van der Waals surface area contributed by atoms with Crippen molar-refractivity contribution in [2.24, 2.45) is 5.41 Å². The molecule has 31 heavy (non-hydrogen) atoms. The van der Waals surface area contributed by atoms with E-state index in [0.717, 1.165) is 49.8 Å².